The lowest BCUT2D eigenvalue weighted by Crippen LogP contribution is -2.48. The topological polar surface area (TPSA) is 75.2 Å². The second-order valence-corrected chi connectivity index (χ2v) is 5.11. The maximum Gasteiger partial charge on any atom is 0.245 e. The fourth-order valence-electron chi connectivity index (χ4n) is 2.21. The Morgan fingerprint density at radius 2 is 2.10 bits per heavy atom. The largest absolute Gasteiger partial charge is 0.344 e. The van der Waals surface area contributed by atoms with Crippen molar-refractivity contribution in [3.63, 3.8) is 0 Å². The Kier molecular flexibility index (Phi) is 4.65. The molecule has 0 radical (unpaired) electrons. The van der Waals surface area contributed by atoms with E-state index in [9.17, 15) is 9.59 Å². The smallest absolute Gasteiger partial charge is 0.245 e. The summed E-state index contributed by atoms with van der Waals surface area (Å²) in [7, 11) is 0. The Bertz CT molecular complexity index is 477. The van der Waals surface area contributed by atoms with Crippen LogP contribution in [0.3, 0.4) is 0 Å². The fraction of sp³-hybridized carbons (Fsp3) is 0.571. The minimum atomic E-state index is -0.446. The zero-order valence-electron chi connectivity index (χ0n) is 11.9. The van der Waals surface area contributed by atoms with Gasteiger partial charge in [0.05, 0.1) is 6.54 Å². The van der Waals surface area contributed by atoms with Gasteiger partial charge in [0.25, 0.3) is 0 Å². The average Bonchev–Trinajstić information content (AvgIpc) is 2.61. The van der Waals surface area contributed by atoms with Crippen LogP contribution in [0.2, 0.25) is 0 Å². The van der Waals surface area contributed by atoms with E-state index in [4.69, 9.17) is 0 Å². The number of nitrogens with zero attached hydrogens (tertiary/aromatic N) is 3. The lowest BCUT2D eigenvalue weighted by Gasteiger charge is -2.26. The first-order chi connectivity index (χ1) is 9.61. The van der Waals surface area contributed by atoms with Crippen LogP contribution in [0.25, 0.3) is 0 Å². The monoisotopic (exact) mass is 276 g/mol. The van der Waals surface area contributed by atoms with Crippen molar-refractivity contribution in [1.29, 1.82) is 0 Å². The number of hydrogen-bond donors (Lipinski definition) is 1. The Morgan fingerprint density at radius 1 is 1.40 bits per heavy atom. The molecule has 1 N–H and O–H groups in total. The van der Waals surface area contributed by atoms with Crippen molar-refractivity contribution in [2.24, 2.45) is 5.92 Å². The summed E-state index contributed by atoms with van der Waals surface area (Å²) in [6.45, 7) is 4.75. The third-order valence-electron chi connectivity index (χ3n) is 3.67. The van der Waals surface area contributed by atoms with Crippen molar-refractivity contribution in [2.45, 2.75) is 39.3 Å². The molecule has 0 bridgehead atoms. The van der Waals surface area contributed by atoms with E-state index in [1.807, 2.05) is 13.8 Å². The SMILES string of the molecule is CCC(C)C1NC(=O)CCN(Cc2ncccn2)C1=O. The zero-order chi connectivity index (χ0) is 14.5. The van der Waals surface area contributed by atoms with Gasteiger partial charge in [-0.1, -0.05) is 20.3 Å². The lowest BCUT2D eigenvalue weighted by atomic mass is 9.98. The first-order valence-corrected chi connectivity index (χ1v) is 6.96. The number of carbonyl (C=O) groups is 2. The molecule has 2 heterocycles. The molecule has 1 aliphatic heterocycles. The summed E-state index contributed by atoms with van der Waals surface area (Å²) in [5, 5.41) is 2.82. The molecule has 1 aromatic rings. The van der Waals surface area contributed by atoms with Crippen LogP contribution in [0.1, 0.15) is 32.5 Å². The Labute approximate surface area is 118 Å². The van der Waals surface area contributed by atoms with Gasteiger partial charge in [-0.05, 0) is 12.0 Å². The molecule has 6 nitrogen and oxygen atoms in total. The highest BCUT2D eigenvalue weighted by molar-refractivity contribution is 5.90. The summed E-state index contributed by atoms with van der Waals surface area (Å²) in [5.74, 6) is 0.597. The van der Waals surface area contributed by atoms with E-state index in [1.165, 1.54) is 0 Å². The molecule has 1 aromatic heterocycles. The van der Waals surface area contributed by atoms with Gasteiger partial charge in [-0.2, -0.15) is 0 Å². The number of aromatic nitrogens is 2. The van der Waals surface area contributed by atoms with Gasteiger partial charge >= 0.3 is 0 Å². The lowest BCUT2D eigenvalue weighted by molar-refractivity contribution is -0.135. The van der Waals surface area contributed by atoms with Crippen LogP contribution in [-0.4, -0.2) is 39.3 Å². The Hall–Kier alpha value is -1.98. The minimum absolute atomic E-state index is 0.0438. The Morgan fingerprint density at radius 3 is 2.75 bits per heavy atom. The van der Waals surface area contributed by atoms with Crippen molar-refractivity contribution in [1.82, 2.24) is 20.2 Å². The zero-order valence-corrected chi connectivity index (χ0v) is 11.9. The van der Waals surface area contributed by atoms with E-state index in [-0.39, 0.29) is 17.7 Å². The van der Waals surface area contributed by atoms with Gasteiger partial charge in [0, 0.05) is 25.4 Å². The van der Waals surface area contributed by atoms with Crippen LogP contribution >= 0.6 is 0 Å². The highest BCUT2D eigenvalue weighted by Crippen LogP contribution is 2.15. The molecule has 1 saturated heterocycles. The summed E-state index contributed by atoms with van der Waals surface area (Å²) in [4.78, 5) is 34.2. The molecule has 0 saturated carbocycles. The predicted octanol–water partition coefficient (Wildman–Crippen LogP) is 0.740. The fourth-order valence-corrected chi connectivity index (χ4v) is 2.21. The molecular formula is C14H20N4O2. The summed E-state index contributed by atoms with van der Waals surface area (Å²) in [6.07, 6.45) is 4.47. The number of carbonyl (C=O) groups excluding carboxylic acids is 2. The molecule has 2 unspecified atom stereocenters. The van der Waals surface area contributed by atoms with E-state index in [0.29, 0.717) is 25.3 Å². The third kappa shape index (κ3) is 3.31. The second-order valence-electron chi connectivity index (χ2n) is 5.11. The molecule has 20 heavy (non-hydrogen) atoms. The molecule has 2 atom stereocenters. The standard InChI is InChI=1S/C14H20N4O2/c1-3-10(2)13-14(20)18(8-5-12(19)17-13)9-11-15-6-4-7-16-11/h4,6-7,10,13H,3,5,8-9H2,1-2H3,(H,17,19). The van der Waals surface area contributed by atoms with Crippen LogP contribution in [-0.2, 0) is 16.1 Å². The highest BCUT2D eigenvalue weighted by atomic mass is 16.2. The molecule has 0 aromatic carbocycles. The number of rotatable bonds is 4. The summed E-state index contributed by atoms with van der Waals surface area (Å²) in [5.41, 5.74) is 0. The first-order valence-electron chi connectivity index (χ1n) is 6.96. The van der Waals surface area contributed by atoms with Crippen molar-refractivity contribution < 1.29 is 9.59 Å². The van der Waals surface area contributed by atoms with E-state index < -0.39 is 6.04 Å². The van der Waals surface area contributed by atoms with Crippen LogP contribution in [0.5, 0.6) is 0 Å². The summed E-state index contributed by atoms with van der Waals surface area (Å²) in [6, 6.07) is 1.29. The number of amides is 2. The van der Waals surface area contributed by atoms with E-state index in [0.717, 1.165) is 6.42 Å². The molecule has 1 fully saturated rings. The molecular weight excluding hydrogens is 256 g/mol. The van der Waals surface area contributed by atoms with Gasteiger partial charge in [-0.3, -0.25) is 9.59 Å². The molecule has 108 valence electrons. The van der Waals surface area contributed by atoms with Gasteiger partial charge in [-0.25, -0.2) is 9.97 Å². The summed E-state index contributed by atoms with van der Waals surface area (Å²) < 4.78 is 0. The third-order valence-corrected chi connectivity index (χ3v) is 3.67. The van der Waals surface area contributed by atoms with Crippen LogP contribution in [0.15, 0.2) is 18.5 Å². The van der Waals surface area contributed by atoms with E-state index >= 15 is 0 Å². The molecule has 2 amide bonds. The average molecular weight is 276 g/mol. The number of hydrogen-bond acceptors (Lipinski definition) is 4. The molecule has 1 aliphatic rings. The predicted molar refractivity (Wildman–Crippen MR) is 73.5 cm³/mol. The number of nitrogens with one attached hydrogen (secondary N) is 1. The molecule has 0 spiro atoms. The van der Waals surface area contributed by atoms with Crippen molar-refractivity contribution in [2.75, 3.05) is 6.54 Å². The quantitative estimate of drug-likeness (QED) is 0.880. The van der Waals surface area contributed by atoms with E-state index in [2.05, 4.69) is 15.3 Å². The Balaban J connectivity index is 2.15. The van der Waals surface area contributed by atoms with Crippen LogP contribution < -0.4 is 5.32 Å². The molecule has 6 heteroatoms. The van der Waals surface area contributed by atoms with Gasteiger partial charge < -0.3 is 10.2 Å². The maximum absolute atomic E-state index is 12.6. The van der Waals surface area contributed by atoms with Gasteiger partial charge in [0.2, 0.25) is 11.8 Å². The van der Waals surface area contributed by atoms with Gasteiger partial charge in [0.15, 0.2) is 0 Å². The first kappa shape index (κ1) is 14.4. The second kappa shape index (κ2) is 6.45. The highest BCUT2D eigenvalue weighted by Gasteiger charge is 2.33. The van der Waals surface area contributed by atoms with Crippen molar-refractivity contribution >= 4 is 11.8 Å². The van der Waals surface area contributed by atoms with Crippen LogP contribution in [0, 0.1) is 5.92 Å². The minimum Gasteiger partial charge on any atom is -0.344 e. The van der Waals surface area contributed by atoms with Crippen molar-refractivity contribution in [3.05, 3.63) is 24.3 Å². The molecule has 0 aliphatic carbocycles. The maximum atomic E-state index is 12.6. The molecule has 2 rings (SSSR count). The van der Waals surface area contributed by atoms with E-state index in [1.54, 1.807) is 23.4 Å². The van der Waals surface area contributed by atoms with Crippen molar-refractivity contribution in [3.8, 4) is 0 Å². The van der Waals surface area contributed by atoms with Gasteiger partial charge in [0.1, 0.15) is 11.9 Å². The van der Waals surface area contributed by atoms with Crippen LogP contribution in [0.4, 0.5) is 0 Å². The normalized spacial score (nSPS) is 21.3. The summed E-state index contributed by atoms with van der Waals surface area (Å²) >= 11 is 0. The van der Waals surface area contributed by atoms with Gasteiger partial charge in [-0.15, -0.1) is 0 Å².